The first-order valence-corrected chi connectivity index (χ1v) is 4.51. The third-order valence-corrected chi connectivity index (χ3v) is 1.52. The molecule has 96 valence electrons. The van der Waals surface area contributed by atoms with E-state index in [0.29, 0.717) is 0 Å². The van der Waals surface area contributed by atoms with Crippen molar-refractivity contribution in [2.75, 3.05) is 20.3 Å². The third kappa shape index (κ3) is 5.59. The Morgan fingerprint density at radius 3 is 2.59 bits per heavy atom. The van der Waals surface area contributed by atoms with Crippen molar-refractivity contribution in [1.29, 1.82) is 5.41 Å². The maximum absolute atomic E-state index is 12.2. The van der Waals surface area contributed by atoms with Gasteiger partial charge in [0, 0.05) is 13.2 Å². The van der Waals surface area contributed by atoms with Crippen molar-refractivity contribution in [2.45, 2.75) is 6.43 Å². The second-order valence-electron chi connectivity index (χ2n) is 2.66. The smallest absolute Gasteiger partial charge is 0.341 e. The van der Waals surface area contributed by atoms with E-state index in [9.17, 15) is 18.4 Å². The first kappa shape index (κ1) is 15.0. The van der Waals surface area contributed by atoms with Gasteiger partial charge in [-0.2, -0.15) is 0 Å². The number of carbonyl (C=O) groups excluding carboxylic acids is 2. The zero-order valence-corrected chi connectivity index (χ0v) is 9.04. The van der Waals surface area contributed by atoms with Crippen molar-refractivity contribution in [3.63, 3.8) is 0 Å². The summed E-state index contributed by atoms with van der Waals surface area (Å²) >= 11 is 0. The molecule has 0 saturated carbocycles. The molecule has 8 heteroatoms. The molecule has 0 aliphatic carbocycles. The fraction of sp³-hybridized carbons (Fsp3) is 0.444. The Balaban J connectivity index is 4.41. The standard InChI is InChI=1S/C9H12F2N2O4/c1-13-4-6(7(12)8(10)11)9(15)17-3-2-16-5-14/h4-5,8,12-13H,2-3H2,1H3/b6-4+,12-7?. The minimum atomic E-state index is -3.08. The first-order chi connectivity index (χ1) is 8.04. The first-order valence-electron chi connectivity index (χ1n) is 4.51. The number of ether oxygens (including phenoxy) is 2. The number of halogens is 2. The molecule has 0 spiro atoms. The number of rotatable bonds is 8. The van der Waals surface area contributed by atoms with Crippen molar-refractivity contribution in [3.05, 3.63) is 11.8 Å². The number of esters is 1. The molecular formula is C9H12F2N2O4. The summed E-state index contributed by atoms with van der Waals surface area (Å²) in [4.78, 5) is 21.1. The number of alkyl halides is 2. The molecule has 0 fully saturated rings. The summed E-state index contributed by atoms with van der Waals surface area (Å²) in [5.74, 6) is -1.08. The molecule has 17 heavy (non-hydrogen) atoms. The van der Waals surface area contributed by atoms with Crippen LogP contribution in [0.15, 0.2) is 11.8 Å². The Morgan fingerprint density at radius 2 is 2.12 bits per heavy atom. The van der Waals surface area contributed by atoms with Gasteiger partial charge in [0.2, 0.25) is 0 Å². The van der Waals surface area contributed by atoms with Crippen LogP contribution in [0.2, 0.25) is 0 Å². The Bertz CT molecular complexity index is 318. The molecular weight excluding hydrogens is 238 g/mol. The van der Waals surface area contributed by atoms with Crippen LogP contribution in [0.1, 0.15) is 0 Å². The van der Waals surface area contributed by atoms with Gasteiger partial charge in [0.05, 0.1) is 0 Å². The van der Waals surface area contributed by atoms with E-state index in [1.807, 2.05) is 0 Å². The number of hydrogen-bond acceptors (Lipinski definition) is 6. The average molecular weight is 250 g/mol. The summed E-state index contributed by atoms with van der Waals surface area (Å²) in [6, 6.07) is 0. The topological polar surface area (TPSA) is 88.5 Å². The summed E-state index contributed by atoms with van der Waals surface area (Å²) in [6.07, 6.45) is -2.13. The molecule has 0 rings (SSSR count). The van der Waals surface area contributed by atoms with Crippen LogP contribution < -0.4 is 5.32 Å². The third-order valence-electron chi connectivity index (χ3n) is 1.52. The summed E-state index contributed by atoms with van der Waals surface area (Å²) < 4.78 is 33.2. The molecule has 0 aliphatic heterocycles. The zero-order chi connectivity index (χ0) is 13.3. The van der Waals surface area contributed by atoms with Crippen molar-refractivity contribution in [3.8, 4) is 0 Å². The van der Waals surface area contributed by atoms with Crippen LogP contribution in [0.4, 0.5) is 8.78 Å². The van der Waals surface area contributed by atoms with E-state index in [0.717, 1.165) is 6.20 Å². The Labute approximate surface area is 96.1 Å². The predicted molar refractivity (Wildman–Crippen MR) is 53.8 cm³/mol. The highest BCUT2D eigenvalue weighted by Gasteiger charge is 2.23. The van der Waals surface area contributed by atoms with Crippen LogP contribution in [0.5, 0.6) is 0 Å². The van der Waals surface area contributed by atoms with Gasteiger partial charge in [-0.05, 0) is 0 Å². The highest BCUT2D eigenvalue weighted by Crippen LogP contribution is 2.07. The summed E-state index contributed by atoms with van der Waals surface area (Å²) in [5.41, 5.74) is -1.71. The molecule has 2 N–H and O–H groups in total. The normalized spacial score (nSPS) is 10.9. The lowest BCUT2D eigenvalue weighted by Crippen LogP contribution is -2.23. The largest absolute Gasteiger partial charge is 0.464 e. The van der Waals surface area contributed by atoms with Crippen LogP contribution in [0, 0.1) is 5.41 Å². The van der Waals surface area contributed by atoms with Crippen molar-refractivity contribution in [2.24, 2.45) is 0 Å². The van der Waals surface area contributed by atoms with Gasteiger partial charge in [-0.25, -0.2) is 13.6 Å². The van der Waals surface area contributed by atoms with Gasteiger partial charge >= 0.3 is 5.97 Å². The quantitative estimate of drug-likeness (QED) is 0.209. The molecule has 0 aromatic carbocycles. The minimum absolute atomic E-state index is 0.166. The zero-order valence-electron chi connectivity index (χ0n) is 9.04. The SMILES string of the molecule is CN/C=C(\C(=N)C(F)F)C(=O)OCCOC=O. The van der Waals surface area contributed by atoms with E-state index in [1.165, 1.54) is 7.05 Å². The summed E-state index contributed by atoms with van der Waals surface area (Å²) in [7, 11) is 1.39. The lowest BCUT2D eigenvalue weighted by molar-refractivity contribution is -0.143. The Morgan fingerprint density at radius 1 is 1.47 bits per heavy atom. The monoisotopic (exact) mass is 250 g/mol. The van der Waals surface area contributed by atoms with Gasteiger partial charge < -0.3 is 14.8 Å². The maximum atomic E-state index is 12.2. The maximum Gasteiger partial charge on any atom is 0.341 e. The van der Waals surface area contributed by atoms with Crippen LogP contribution in [-0.4, -0.2) is 44.8 Å². The molecule has 6 nitrogen and oxygen atoms in total. The molecule has 0 amide bonds. The highest BCUT2D eigenvalue weighted by atomic mass is 19.3. The molecule has 0 heterocycles. The molecule has 0 unspecified atom stereocenters. The lowest BCUT2D eigenvalue weighted by atomic mass is 10.2. The predicted octanol–water partition coefficient (Wildman–Crippen LogP) is 0.0908. The van der Waals surface area contributed by atoms with Gasteiger partial charge in [0.15, 0.2) is 0 Å². The van der Waals surface area contributed by atoms with Crippen LogP contribution in [-0.2, 0) is 19.1 Å². The van der Waals surface area contributed by atoms with Gasteiger partial charge in [-0.1, -0.05) is 0 Å². The molecule has 0 aromatic heterocycles. The minimum Gasteiger partial charge on any atom is -0.464 e. The molecule has 0 saturated heterocycles. The molecule has 0 atom stereocenters. The molecule has 0 radical (unpaired) electrons. The van der Waals surface area contributed by atoms with Crippen LogP contribution >= 0.6 is 0 Å². The Hall–Kier alpha value is -1.99. The number of nitrogens with one attached hydrogen (secondary N) is 2. The molecule has 0 bridgehead atoms. The lowest BCUT2D eigenvalue weighted by Gasteiger charge is -2.08. The van der Waals surface area contributed by atoms with Gasteiger partial charge in [0.1, 0.15) is 24.5 Å². The van der Waals surface area contributed by atoms with Gasteiger partial charge in [-0.3, -0.25) is 10.2 Å². The Kier molecular flexibility index (Phi) is 7.24. The highest BCUT2D eigenvalue weighted by molar-refractivity contribution is 6.19. The van der Waals surface area contributed by atoms with E-state index in [2.05, 4.69) is 14.8 Å². The van der Waals surface area contributed by atoms with Gasteiger partial charge in [0.25, 0.3) is 12.9 Å². The summed E-state index contributed by atoms with van der Waals surface area (Å²) in [6.45, 7) is -0.279. The second kappa shape index (κ2) is 8.20. The van der Waals surface area contributed by atoms with E-state index < -0.39 is 23.7 Å². The van der Waals surface area contributed by atoms with Crippen molar-refractivity contribution in [1.82, 2.24) is 5.32 Å². The van der Waals surface area contributed by atoms with E-state index in [4.69, 9.17) is 5.41 Å². The molecule has 0 aromatic rings. The average Bonchev–Trinajstić information content (AvgIpc) is 2.30. The second-order valence-corrected chi connectivity index (χ2v) is 2.66. The number of hydrogen-bond donors (Lipinski definition) is 2. The van der Waals surface area contributed by atoms with Crippen molar-refractivity contribution < 1.29 is 27.8 Å². The number of carbonyl (C=O) groups is 2. The van der Waals surface area contributed by atoms with Gasteiger partial charge in [-0.15, -0.1) is 0 Å². The summed E-state index contributed by atoms with van der Waals surface area (Å²) in [5, 5.41) is 9.37. The van der Waals surface area contributed by atoms with E-state index >= 15 is 0 Å². The van der Waals surface area contributed by atoms with E-state index in [-0.39, 0.29) is 19.7 Å². The van der Waals surface area contributed by atoms with Crippen LogP contribution in [0.3, 0.4) is 0 Å². The fourth-order valence-corrected chi connectivity index (χ4v) is 0.817. The molecule has 0 aliphatic rings. The fourth-order valence-electron chi connectivity index (χ4n) is 0.817. The van der Waals surface area contributed by atoms with E-state index in [1.54, 1.807) is 0 Å². The van der Waals surface area contributed by atoms with Crippen LogP contribution in [0.25, 0.3) is 0 Å². The van der Waals surface area contributed by atoms with Crippen molar-refractivity contribution >= 4 is 18.2 Å².